The molecule has 0 amide bonds. The number of ether oxygens (including phenoxy) is 2. The highest BCUT2D eigenvalue weighted by atomic mass is 16.8. The van der Waals surface area contributed by atoms with E-state index in [0.717, 1.165) is 5.39 Å². The lowest BCUT2D eigenvalue weighted by Crippen LogP contribution is -2.67. The van der Waals surface area contributed by atoms with Crippen LogP contribution in [0.3, 0.4) is 0 Å². The zero-order valence-corrected chi connectivity index (χ0v) is 12.5. The average molecular weight is 338 g/mol. The fourth-order valence-electron chi connectivity index (χ4n) is 2.68. The van der Waals surface area contributed by atoms with E-state index in [9.17, 15) is 25.5 Å². The Hall–Kier alpha value is -1.94. The molecule has 8 nitrogen and oxygen atoms in total. The third-order valence-electron chi connectivity index (χ3n) is 4.05. The molecule has 8 heteroatoms. The zero-order valence-electron chi connectivity index (χ0n) is 12.5. The van der Waals surface area contributed by atoms with Crippen LogP contribution in [0.2, 0.25) is 0 Å². The molecule has 0 spiro atoms. The first-order valence-corrected chi connectivity index (χ1v) is 7.32. The second-order valence-electron chi connectivity index (χ2n) is 5.63. The molecule has 3 rings (SSSR count). The first-order chi connectivity index (χ1) is 11.4. The van der Waals surface area contributed by atoms with Crippen LogP contribution in [0.4, 0.5) is 0 Å². The molecule has 0 aliphatic carbocycles. The molecule has 24 heavy (non-hydrogen) atoms. The second-order valence-corrected chi connectivity index (χ2v) is 5.63. The predicted molar refractivity (Wildman–Crippen MR) is 81.2 cm³/mol. The van der Waals surface area contributed by atoms with Crippen LogP contribution in [-0.4, -0.2) is 67.6 Å². The van der Waals surface area contributed by atoms with E-state index in [0.29, 0.717) is 5.39 Å². The first kappa shape index (κ1) is 16.9. The van der Waals surface area contributed by atoms with E-state index in [1.54, 1.807) is 30.3 Å². The minimum Gasteiger partial charge on any atom is -0.504 e. The third kappa shape index (κ3) is 2.69. The van der Waals surface area contributed by atoms with Gasteiger partial charge in [-0.3, -0.25) is 0 Å². The van der Waals surface area contributed by atoms with Gasteiger partial charge in [-0.1, -0.05) is 30.3 Å². The summed E-state index contributed by atoms with van der Waals surface area (Å²) in [6, 6.07) is 9.87. The van der Waals surface area contributed by atoms with Gasteiger partial charge in [0.1, 0.15) is 18.3 Å². The van der Waals surface area contributed by atoms with Gasteiger partial charge in [-0.25, -0.2) is 0 Å². The predicted octanol–water partition coefficient (Wildman–Crippen LogP) is -0.956. The summed E-state index contributed by atoms with van der Waals surface area (Å²) in [5, 5.41) is 60.5. The Morgan fingerprint density at radius 3 is 2.46 bits per heavy atom. The van der Waals surface area contributed by atoms with E-state index in [1.807, 2.05) is 0 Å². The Morgan fingerprint density at radius 1 is 1.04 bits per heavy atom. The zero-order chi connectivity index (χ0) is 17.5. The summed E-state index contributed by atoms with van der Waals surface area (Å²) in [6.45, 7) is -0.722. The molecule has 0 radical (unpaired) electrons. The van der Waals surface area contributed by atoms with Gasteiger partial charge in [0, 0.05) is 5.39 Å². The van der Waals surface area contributed by atoms with Crippen LogP contribution in [0.5, 0.6) is 11.5 Å². The van der Waals surface area contributed by atoms with Crippen molar-refractivity contribution >= 4 is 10.8 Å². The highest BCUT2D eigenvalue weighted by Crippen LogP contribution is 2.38. The Bertz CT molecular complexity index is 733. The maximum Gasteiger partial charge on any atom is 0.355 e. The molecule has 1 saturated heterocycles. The van der Waals surface area contributed by atoms with Gasteiger partial charge < -0.3 is 40.1 Å². The smallest absolute Gasteiger partial charge is 0.355 e. The van der Waals surface area contributed by atoms with Gasteiger partial charge in [-0.2, -0.15) is 0 Å². The van der Waals surface area contributed by atoms with Crippen molar-refractivity contribution in [1.82, 2.24) is 0 Å². The number of benzene rings is 2. The normalized spacial score (nSPS) is 33.5. The van der Waals surface area contributed by atoms with E-state index in [4.69, 9.17) is 14.6 Å². The van der Waals surface area contributed by atoms with Crippen LogP contribution in [0.15, 0.2) is 36.4 Å². The van der Waals surface area contributed by atoms with Crippen molar-refractivity contribution in [3.8, 4) is 11.5 Å². The van der Waals surface area contributed by atoms with Gasteiger partial charge >= 0.3 is 5.97 Å². The molecule has 0 bridgehead atoms. The molecule has 0 aromatic heterocycles. The number of aliphatic hydroxyl groups excluding tert-OH is 4. The van der Waals surface area contributed by atoms with Crippen LogP contribution in [0.1, 0.15) is 0 Å². The molecule has 6 N–H and O–H groups in total. The summed E-state index contributed by atoms with van der Waals surface area (Å²) in [6.07, 6.45) is -6.83. The fourth-order valence-corrected chi connectivity index (χ4v) is 2.68. The fraction of sp³-hybridized carbons (Fsp3) is 0.375. The largest absolute Gasteiger partial charge is 0.504 e. The second kappa shape index (κ2) is 6.17. The molecule has 0 unspecified atom stereocenters. The van der Waals surface area contributed by atoms with Crippen molar-refractivity contribution < 1.29 is 40.1 Å². The van der Waals surface area contributed by atoms with Crippen LogP contribution in [0.25, 0.3) is 10.8 Å². The number of hydrogen-bond donors (Lipinski definition) is 6. The number of aromatic hydroxyl groups is 1. The first-order valence-electron chi connectivity index (χ1n) is 7.32. The number of rotatable bonds is 3. The highest BCUT2D eigenvalue weighted by molar-refractivity contribution is 5.90. The maximum absolute atomic E-state index is 10.4. The SMILES string of the molecule is OC[C@H]1O[C@@](O)(Oc2ccc3ccccc3c2O)[C@H](O)[C@@H](O)[C@H]1O. The molecule has 130 valence electrons. The molecule has 1 fully saturated rings. The number of hydrogen-bond acceptors (Lipinski definition) is 8. The van der Waals surface area contributed by atoms with E-state index >= 15 is 0 Å². The Labute approximate surface area is 136 Å². The van der Waals surface area contributed by atoms with E-state index < -0.39 is 37.0 Å². The number of aliphatic hydroxyl groups is 5. The van der Waals surface area contributed by atoms with Crippen LogP contribution < -0.4 is 4.74 Å². The molecule has 0 saturated carbocycles. The number of phenols is 1. The lowest BCUT2D eigenvalue weighted by atomic mass is 9.98. The number of phenolic OH excluding ortho intramolecular Hbond substituents is 1. The summed E-state index contributed by atoms with van der Waals surface area (Å²) >= 11 is 0. The van der Waals surface area contributed by atoms with Gasteiger partial charge in [0.2, 0.25) is 0 Å². The van der Waals surface area contributed by atoms with Gasteiger partial charge in [0.15, 0.2) is 17.6 Å². The van der Waals surface area contributed by atoms with Crippen LogP contribution in [-0.2, 0) is 4.74 Å². The summed E-state index contributed by atoms with van der Waals surface area (Å²) in [5.74, 6) is -3.25. The molecular formula is C16H18O8. The Balaban J connectivity index is 1.95. The molecule has 1 aliphatic rings. The Kier molecular flexibility index (Phi) is 4.35. The van der Waals surface area contributed by atoms with Crippen molar-refractivity contribution in [2.45, 2.75) is 30.4 Å². The van der Waals surface area contributed by atoms with Gasteiger partial charge in [0.25, 0.3) is 0 Å². The summed E-state index contributed by atoms with van der Waals surface area (Å²) in [7, 11) is 0. The van der Waals surface area contributed by atoms with Gasteiger partial charge in [0.05, 0.1) is 6.61 Å². The van der Waals surface area contributed by atoms with E-state index in [-0.39, 0.29) is 11.5 Å². The molecule has 1 aliphatic heterocycles. The molecule has 5 atom stereocenters. The third-order valence-corrected chi connectivity index (χ3v) is 4.05. The number of fused-ring (bicyclic) bond motifs is 1. The summed E-state index contributed by atoms with van der Waals surface area (Å²) < 4.78 is 10.2. The lowest BCUT2D eigenvalue weighted by molar-refractivity contribution is -0.422. The molecule has 2 aromatic rings. The van der Waals surface area contributed by atoms with Crippen molar-refractivity contribution in [1.29, 1.82) is 0 Å². The molecule has 1 heterocycles. The monoisotopic (exact) mass is 338 g/mol. The standard InChI is InChI=1S/C16H18O8/c17-7-11-13(19)14(20)15(21)16(22,24-11)23-10-6-5-8-3-1-2-4-9(8)12(10)18/h1-6,11,13-15,17-22H,7H2/t11-,13+,14+,15-,16+/m1/s1. The van der Waals surface area contributed by atoms with Gasteiger partial charge in [-0.05, 0) is 11.5 Å². The minimum atomic E-state index is -2.76. The van der Waals surface area contributed by atoms with Crippen molar-refractivity contribution in [3.63, 3.8) is 0 Å². The lowest BCUT2D eigenvalue weighted by Gasteiger charge is -2.44. The van der Waals surface area contributed by atoms with Crippen LogP contribution >= 0.6 is 0 Å². The average Bonchev–Trinajstić information content (AvgIpc) is 2.59. The quantitative estimate of drug-likeness (QED) is 0.394. The van der Waals surface area contributed by atoms with E-state index in [1.165, 1.54) is 6.07 Å². The molecule has 2 aromatic carbocycles. The van der Waals surface area contributed by atoms with E-state index in [2.05, 4.69) is 0 Å². The maximum atomic E-state index is 10.4. The van der Waals surface area contributed by atoms with Crippen molar-refractivity contribution in [3.05, 3.63) is 36.4 Å². The minimum absolute atomic E-state index is 0.199. The van der Waals surface area contributed by atoms with Crippen molar-refractivity contribution in [2.75, 3.05) is 6.61 Å². The van der Waals surface area contributed by atoms with Gasteiger partial charge in [-0.15, -0.1) is 0 Å². The summed E-state index contributed by atoms with van der Waals surface area (Å²) in [5.41, 5.74) is 0. The summed E-state index contributed by atoms with van der Waals surface area (Å²) in [4.78, 5) is 0. The highest BCUT2D eigenvalue weighted by Gasteiger charge is 2.55. The topological polar surface area (TPSA) is 140 Å². The Morgan fingerprint density at radius 2 is 1.75 bits per heavy atom. The van der Waals surface area contributed by atoms with Crippen molar-refractivity contribution in [2.24, 2.45) is 0 Å². The van der Waals surface area contributed by atoms with Crippen LogP contribution in [0, 0.1) is 0 Å². The molecular weight excluding hydrogens is 320 g/mol.